The van der Waals surface area contributed by atoms with Crippen molar-refractivity contribution in [2.24, 2.45) is 5.16 Å². The van der Waals surface area contributed by atoms with Gasteiger partial charge in [-0.3, -0.25) is 4.79 Å². The molecule has 0 atom stereocenters. The fourth-order valence-electron chi connectivity index (χ4n) is 3.53. The number of carbonyl (C=O) groups is 1. The molecule has 0 radical (unpaired) electrons. The minimum atomic E-state index is -3.88. The van der Waals surface area contributed by atoms with Crippen molar-refractivity contribution in [1.29, 1.82) is 0 Å². The van der Waals surface area contributed by atoms with Gasteiger partial charge in [-0.1, -0.05) is 11.2 Å². The highest BCUT2D eigenvalue weighted by atomic mass is 32.2. The van der Waals surface area contributed by atoms with Gasteiger partial charge in [0.25, 0.3) is 5.91 Å². The molecular weight excluding hydrogens is 441 g/mol. The smallest absolute Gasteiger partial charge is 0.289 e. The first-order valence-electron chi connectivity index (χ1n) is 9.68. The average Bonchev–Trinajstić information content (AvgIpc) is 2.82. The van der Waals surface area contributed by atoms with Crippen LogP contribution in [0.3, 0.4) is 0 Å². The highest BCUT2D eigenvalue weighted by Gasteiger charge is 2.31. The van der Waals surface area contributed by atoms with Crippen LogP contribution in [0.2, 0.25) is 0 Å². The summed E-state index contributed by atoms with van der Waals surface area (Å²) in [7, 11) is -2.38. The number of nitrogens with zero attached hydrogens (tertiary/aromatic N) is 3. The number of hydrogen-bond donors (Lipinski definition) is 1. The lowest BCUT2D eigenvalue weighted by atomic mass is 10.2. The van der Waals surface area contributed by atoms with E-state index in [2.05, 4.69) is 5.16 Å². The molecule has 1 fully saturated rings. The summed E-state index contributed by atoms with van der Waals surface area (Å²) in [4.78, 5) is 14.3. The molecule has 1 aliphatic rings. The molecule has 2 aromatic carbocycles. The summed E-state index contributed by atoms with van der Waals surface area (Å²) in [6, 6.07) is 11.0. The largest absolute Gasteiger partial charge is 0.497 e. The number of piperazine rings is 1. The molecule has 0 saturated carbocycles. The Labute approximate surface area is 183 Å². The molecule has 9 nitrogen and oxygen atoms in total. The number of carbonyl (C=O) groups excluding carboxylic acids is 1. The van der Waals surface area contributed by atoms with E-state index in [4.69, 9.17) is 9.15 Å². The molecule has 0 bridgehead atoms. The van der Waals surface area contributed by atoms with E-state index in [1.54, 1.807) is 18.2 Å². The number of amides is 1. The van der Waals surface area contributed by atoms with E-state index in [1.165, 1.54) is 40.6 Å². The normalized spacial score (nSPS) is 15.8. The molecule has 11 heteroatoms. The molecular formula is C21H20FN3O6S. The summed E-state index contributed by atoms with van der Waals surface area (Å²) >= 11 is 0. The number of rotatable bonds is 4. The van der Waals surface area contributed by atoms with Crippen LogP contribution >= 0.6 is 0 Å². The molecule has 1 saturated heterocycles. The topological polar surface area (TPSA) is 113 Å². The van der Waals surface area contributed by atoms with Crippen molar-refractivity contribution in [3.8, 4) is 5.75 Å². The Morgan fingerprint density at radius 3 is 2.53 bits per heavy atom. The fourth-order valence-corrected chi connectivity index (χ4v) is 4.98. The highest BCUT2D eigenvalue weighted by Crippen LogP contribution is 2.22. The van der Waals surface area contributed by atoms with Gasteiger partial charge in [-0.2, -0.15) is 4.31 Å². The second kappa shape index (κ2) is 8.60. The van der Waals surface area contributed by atoms with Crippen LogP contribution < -0.4 is 10.1 Å². The lowest BCUT2D eigenvalue weighted by molar-refractivity contribution is 0.0666. The van der Waals surface area contributed by atoms with Gasteiger partial charge < -0.3 is 19.3 Å². The molecule has 32 heavy (non-hydrogen) atoms. The number of hydrogen-bond acceptors (Lipinski definition) is 7. The van der Waals surface area contributed by atoms with Gasteiger partial charge in [0.1, 0.15) is 22.5 Å². The molecule has 1 amide bonds. The van der Waals surface area contributed by atoms with Crippen LogP contribution in [0, 0.1) is 5.82 Å². The minimum absolute atomic E-state index is 0.0449. The molecule has 3 aromatic rings. The number of halogens is 1. The van der Waals surface area contributed by atoms with E-state index in [0.29, 0.717) is 16.7 Å². The first-order chi connectivity index (χ1) is 15.3. The molecule has 0 aliphatic carbocycles. The van der Waals surface area contributed by atoms with Crippen LogP contribution in [0.5, 0.6) is 5.75 Å². The third-order valence-corrected chi connectivity index (χ3v) is 7.13. The Kier molecular flexibility index (Phi) is 5.85. The molecule has 1 N–H and O–H groups in total. The predicted molar refractivity (Wildman–Crippen MR) is 111 cm³/mol. The fraction of sp³-hybridized carbons (Fsp3) is 0.238. The third-order valence-electron chi connectivity index (χ3n) is 5.23. The monoisotopic (exact) mass is 461 g/mol. The van der Waals surface area contributed by atoms with Gasteiger partial charge in [0.05, 0.1) is 12.0 Å². The first-order valence-corrected chi connectivity index (χ1v) is 11.1. The van der Waals surface area contributed by atoms with E-state index in [-0.39, 0.29) is 42.2 Å². The SMILES string of the molecule is COc1ccc2/c(=N\O)cc(C(=O)N3CCN(S(=O)(=O)c4cccc(F)c4)CC3)oc2c1. The lowest BCUT2D eigenvalue weighted by Gasteiger charge is -2.33. The quantitative estimate of drug-likeness (QED) is 0.470. The maximum absolute atomic E-state index is 13.5. The van der Waals surface area contributed by atoms with Crippen molar-refractivity contribution in [3.63, 3.8) is 0 Å². The molecule has 1 aliphatic heterocycles. The molecule has 0 spiro atoms. The summed E-state index contributed by atoms with van der Waals surface area (Å²) in [5, 5.41) is 13.2. The number of methoxy groups -OCH3 is 1. The van der Waals surface area contributed by atoms with E-state index in [9.17, 15) is 22.8 Å². The Bertz CT molecular complexity index is 1350. The van der Waals surface area contributed by atoms with Gasteiger partial charge in [0, 0.05) is 43.7 Å². The molecule has 1 aromatic heterocycles. The van der Waals surface area contributed by atoms with Crippen molar-refractivity contribution in [2.45, 2.75) is 4.90 Å². The van der Waals surface area contributed by atoms with Gasteiger partial charge >= 0.3 is 0 Å². The van der Waals surface area contributed by atoms with Crippen LogP contribution in [0.15, 0.2) is 63.0 Å². The Balaban J connectivity index is 1.55. The van der Waals surface area contributed by atoms with Gasteiger partial charge in [0.2, 0.25) is 10.0 Å². The summed E-state index contributed by atoms with van der Waals surface area (Å²) in [5.41, 5.74) is 0.301. The first kappa shape index (κ1) is 21.8. The van der Waals surface area contributed by atoms with Gasteiger partial charge in [-0.15, -0.1) is 0 Å². The second-order valence-corrected chi connectivity index (χ2v) is 9.05. The Morgan fingerprint density at radius 1 is 1.12 bits per heavy atom. The van der Waals surface area contributed by atoms with Crippen molar-refractivity contribution >= 4 is 26.9 Å². The zero-order chi connectivity index (χ0) is 22.9. The van der Waals surface area contributed by atoms with Crippen LogP contribution in [0.25, 0.3) is 11.0 Å². The number of sulfonamides is 1. The second-order valence-electron chi connectivity index (χ2n) is 7.11. The van der Waals surface area contributed by atoms with Crippen LogP contribution in [0.1, 0.15) is 10.6 Å². The average molecular weight is 461 g/mol. The van der Waals surface area contributed by atoms with Crippen LogP contribution in [-0.4, -0.2) is 62.0 Å². The van der Waals surface area contributed by atoms with Gasteiger partial charge in [0.15, 0.2) is 5.76 Å². The van der Waals surface area contributed by atoms with E-state index in [0.717, 1.165) is 6.07 Å². The van der Waals surface area contributed by atoms with E-state index in [1.807, 2.05) is 0 Å². The van der Waals surface area contributed by atoms with Crippen molar-refractivity contribution < 1.29 is 32.0 Å². The summed E-state index contributed by atoms with van der Waals surface area (Å²) in [5.74, 6) is -0.659. The van der Waals surface area contributed by atoms with E-state index < -0.39 is 21.7 Å². The Hall–Kier alpha value is -3.44. The maximum atomic E-state index is 13.5. The van der Waals surface area contributed by atoms with Crippen LogP contribution in [-0.2, 0) is 10.0 Å². The molecule has 0 unspecified atom stereocenters. The highest BCUT2D eigenvalue weighted by molar-refractivity contribution is 7.89. The van der Waals surface area contributed by atoms with Crippen LogP contribution in [0.4, 0.5) is 4.39 Å². The number of benzene rings is 2. The molecule has 168 valence electrons. The zero-order valence-electron chi connectivity index (χ0n) is 17.1. The van der Waals surface area contributed by atoms with Crippen molar-refractivity contribution in [2.75, 3.05) is 33.3 Å². The maximum Gasteiger partial charge on any atom is 0.289 e. The summed E-state index contributed by atoms with van der Waals surface area (Å²) in [6.07, 6.45) is 0. The predicted octanol–water partition coefficient (Wildman–Crippen LogP) is 2.02. The third kappa shape index (κ3) is 4.04. The standard InChI is InChI=1S/C21H20FN3O6S/c1-30-15-5-6-17-18(23-27)13-20(31-19(17)12-15)21(26)24-7-9-25(10-8-24)32(28,29)16-4-2-3-14(22)11-16/h2-6,11-13,27H,7-10H2,1H3/b23-18-. The van der Waals surface area contributed by atoms with Crippen molar-refractivity contribution in [3.05, 3.63) is 65.5 Å². The van der Waals surface area contributed by atoms with Crippen molar-refractivity contribution in [1.82, 2.24) is 9.21 Å². The minimum Gasteiger partial charge on any atom is -0.497 e. The van der Waals surface area contributed by atoms with Gasteiger partial charge in [-0.25, -0.2) is 12.8 Å². The Morgan fingerprint density at radius 2 is 1.88 bits per heavy atom. The van der Waals surface area contributed by atoms with Gasteiger partial charge in [-0.05, 0) is 30.3 Å². The lowest BCUT2D eigenvalue weighted by Crippen LogP contribution is -2.50. The summed E-state index contributed by atoms with van der Waals surface area (Å²) < 4.78 is 51.1. The number of fused-ring (bicyclic) bond motifs is 1. The zero-order valence-corrected chi connectivity index (χ0v) is 17.9. The molecule has 2 heterocycles. The molecule has 4 rings (SSSR count). The van der Waals surface area contributed by atoms with E-state index >= 15 is 0 Å². The summed E-state index contributed by atoms with van der Waals surface area (Å²) in [6.45, 7) is 0.321. The number of ether oxygens (including phenoxy) is 1.